The van der Waals surface area contributed by atoms with Crippen LogP contribution in [0.1, 0.15) is 53.6 Å². The summed E-state index contributed by atoms with van der Waals surface area (Å²) in [5.41, 5.74) is 9.63. The van der Waals surface area contributed by atoms with Gasteiger partial charge in [-0.1, -0.05) is 32.0 Å². The Morgan fingerprint density at radius 2 is 1.87 bits per heavy atom. The standard InChI is InChI=1S/C29H32FN5O3/c1-19(2)27(33(15-5-14-31)29(36)22-9-11-24(12-10-22)35(37)38)28-32-25-16-20(3)8-13-26(25)34(28)18-21-6-4-7-23(30)17-21/h4,6-13,16-17,19,27H,5,14-15,18,31H2,1-3H3. The molecular formula is C29H32FN5O3. The molecule has 0 aliphatic heterocycles. The van der Waals surface area contributed by atoms with Gasteiger partial charge in [0.2, 0.25) is 0 Å². The van der Waals surface area contributed by atoms with Gasteiger partial charge in [0.1, 0.15) is 11.6 Å². The monoisotopic (exact) mass is 517 g/mol. The zero-order valence-electron chi connectivity index (χ0n) is 21.8. The molecule has 4 rings (SSSR count). The number of non-ortho nitro benzene ring substituents is 1. The molecule has 9 heteroatoms. The van der Waals surface area contributed by atoms with Crippen LogP contribution in [-0.2, 0) is 6.54 Å². The van der Waals surface area contributed by atoms with Crippen molar-refractivity contribution in [3.8, 4) is 0 Å². The molecule has 8 nitrogen and oxygen atoms in total. The molecule has 4 aromatic rings. The van der Waals surface area contributed by atoms with Crippen molar-refractivity contribution < 1.29 is 14.1 Å². The zero-order chi connectivity index (χ0) is 27.4. The van der Waals surface area contributed by atoms with E-state index < -0.39 is 11.0 Å². The molecule has 1 heterocycles. The summed E-state index contributed by atoms with van der Waals surface area (Å²) in [4.78, 5) is 31.3. The van der Waals surface area contributed by atoms with Crippen molar-refractivity contribution in [2.24, 2.45) is 11.7 Å². The van der Waals surface area contributed by atoms with E-state index in [1.165, 1.54) is 36.4 Å². The van der Waals surface area contributed by atoms with E-state index in [2.05, 4.69) is 0 Å². The Kier molecular flexibility index (Phi) is 8.16. The quantitative estimate of drug-likeness (QED) is 0.217. The number of hydrogen-bond acceptors (Lipinski definition) is 5. The maximum atomic E-state index is 14.1. The number of nitrogens with zero attached hydrogens (tertiary/aromatic N) is 4. The number of aryl methyl sites for hydroxylation is 1. The van der Waals surface area contributed by atoms with Crippen LogP contribution < -0.4 is 5.73 Å². The van der Waals surface area contributed by atoms with Crippen LogP contribution in [0, 0.1) is 28.8 Å². The average molecular weight is 518 g/mol. The van der Waals surface area contributed by atoms with Crippen LogP contribution in [0.3, 0.4) is 0 Å². The highest BCUT2D eigenvalue weighted by Gasteiger charge is 2.33. The Morgan fingerprint density at radius 3 is 2.50 bits per heavy atom. The Balaban J connectivity index is 1.84. The van der Waals surface area contributed by atoms with Crippen LogP contribution >= 0.6 is 0 Å². The van der Waals surface area contributed by atoms with Gasteiger partial charge >= 0.3 is 0 Å². The second-order valence-electron chi connectivity index (χ2n) is 9.81. The zero-order valence-corrected chi connectivity index (χ0v) is 21.8. The van der Waals surface area contributed by atoms with Crippen molar-refractivity contribution >= 4 is 22.6 Å². The molecule has 0 aliphatic rings. The highest BCUT2D eigenvalue weighted by molar-refractivity contribution is 5.94. The fourth-order valence-electron chi connectivity index (χ4n) is 4.79. The van der Waals surface area contributed by atoms with Crippen molar-refractivity contribution in [1.29, 1.82) is 0 Å². The van der Waals surface area contributed by atoms with Crippen LogP contribution in [0.25, 0.3) is 11.0 Å². The van der Waals surface area contributed by atoms with Crippen LogP contribution in [0.15, 0.2) is 66.7 Å². The van der Waals surface area contributed by atoms with Gasteiger partial charge in [-0.2, -0.15) is 0 Å². The van der Waals surface area contributed by atoms with Gasteiger partial charge in [0.15, 0.2) is 0 Å². The summed E-state index contributed by atoms with van der Waals surface area (Å²) in [6, 6.07) is 17.7. The minimum absolute atomic E-state index is 0.0288. The van der Waals surface area contributed by atoms with Gasteiger partial charge in [-0.25, -0.2) is 9.37 Å². The molecule has 0 saturated heterocycles. The number of hydrogen-bond donors (Lipinski definition) is 1. The largest absolute Gasteiger partial charge is 0.330 e. The maximum absolute atomic E-state index is 14.1. The van der Waals surface area contributed by atoms with E-state index in [9.17, 15) is 19.3 Å². The molecule has 198 valence electrons. The number of halogens is 1. The Morgan fingerprint density at radius 1 is 1.13 bits per heavy atom. The smallest absolute Gasteiger partial charge is 0.269 e. The summed E-state index contributed by atoms with van der Waals surface area (Å²) in [5.74, 6) is 0.0892. The SMILES string of the molecule is Cc1ccc2c(c1)nc(C(C(C)C)N(CCCN)C(=O)c1ccc([N+](=O)[O-])cc1)n2Cc1cccc(F)c1. The molecule has 1 atom stereocenters. The number of benzene rings is 3. The van der Waals surface area contributed by atoms with Crippen molar-refractivity contribution in [1.82, 2.24) is 14.5 Å². The number of imidazole rings is 1. The van der Waals surface area contributed by atoms with Crippen molar-refractivity contribution in [3.05, 3.63) is 105 Å². The minimum atomic E-state index is -0.492. The first-order valence-electron chi connectivity index (χ1n) is 12.7. The van der Waals surface area contributed by atoms with Crippen LogP contribution in [0.4, 0.5) is 10.1 Å². The number of nitro benzene ring substituents is 1. The van der Waals surface area contributed by atoms with E-state index in [1.54, 1.807) is 11.0 Å². The molecule has 0 saturated carbocycles. The topological polar surface area (TPSA) is 107 Å². The number of fused-ring (bicyclic) bond motifs is 1. The van der Waals surface area contributed by atoms with Crippen LogP contribution in [0.2, 0.25) is 0 Å². The molecular weight excluding hydrogens is 485 g/mol. The average Bonchev–Trinajstić information content (AvgIpc) is 3.22. The highest BCUT2D eigenvalue weighted by Crippen LogP contribution is 2.33. The molecule has 1 aromatic heterocycles. The summed E-state index contributed by atoms with van der Waals surface area (Å²) in [7, 11) is 0. The third kappa shape index (κ3) is 5.73. The number of rotatable bonds is 10. The van der Waals surface area contributed by atoms with Crippen molar-refractivity contribution in [2.75, 3.05) is 13.1 Å². The number of nitrogens with two attached hydrogens (primary N) is 1. The van der Waals surface area contributed by atoms with Gasteiger partial charge < -0.3 is 15.2 Å². The van der Waals surface area contributed by atoms with Crippen LogP contribution in [0.5, 0.6) is 0 Å². The molecule has 0 bridgehead atoms. The summed E-state index contributed by atoms with van der Waals surface area (Å²) in [6.07, 6.45) is 0.575. The minimum Gasteiger partial charge on any atom is -0.330 e. The third-order valence-electron chi connectivity index (χ3n) is 6.58. The first kappa shape index (κ1) is 26.9. The molecule has 1 unspecified atom stereocenters. The number of carbonyl (C=O) groups is 1. The lowest BCUT2D eigenvalue weighted by Crippen LogP contribution is -2.40. The predicted molar refractivity (Wildman–Crippen MR) is 145 cm³/mol. The molecule has 0 spiro atoms. The van der Waals surface area contributed by atoms with E-state index in [-0.39, 0.29) is 23.3 Å². The van der Waals surface area contributed by atoms with Gasteiger partial charge in [0, 0.05) is 30.8 Å². The molecule has 3 aromatic carbocycles. The lowest BCUT2D eigenvalue weighted by atomic mass is 9.99. The first-order chi connectivity index (χ1) is 18.2. The lowest BCUT2D eigenvalue weighted by molar-refractivity contribution is -0.384. The highest BCUT2D eigenvalue weighted by atomic mass is 19.1. The van der Waals surface area contributed by atoms with E-state index in [4.69, 9.17) is 10.7 Å². The van der Waals surface area contributed by atoms with Crippen LogP contribution in [-0.4, -0.2) is 38.4 Å². The summed E-state index contributed by atoms with van der Waals surface area (Å²) in [5, 5.41) is 11.1. The van der Waals surface area contributed by atoms with Crippen molar-refractivity contribution in [2.45, 2.75) is 39.8 Å². The van der Waals surface area contributed by atoms with Gasteiger partial charge in [-0.05, 0) is 73.3 Å². The Bertz CT molecular complexity index is 1450. The second-order valence-corrected chi connectivity index (χ2v) is 9.81. The van der Waals surface area contributed by atoms with Crippen molar-refractivity contribution in [3.63, 3.8) is 0 Å². The molecule has 0 fully saturated rings. The lowest BCUT2D eigenvalue weighted by Gasteiger charge is -2.34. The summed E-state index contributed by atoms with van der Waals surface area (Å²) >= 11 is 0. The van der Waals surface area contributed by atoms with E-state index >= 15 is 0 Å². The predicted octanol–water partition coefficient (Wildman–Crippen LogP) is 5.63. The molecule has 0 radical (unpaired) electrons. The van der Waals surface area contributed by atoms with Gasteiger partial charge in [-0.15, -0.1) is 0 Å². The summed E-state index contributed by atoms with van der Waals surface area (Å²) < 4.78 is 16.1. The Hall–Kier alpha value is -4.11. The fourth-order valence-corrected chi connectivity index (χ4v) is 4.79. The van der Waals surface area contributed by atoms with E-state index in [0.29, 0.717) is 37.4 Å². The molecule has 2 N–H and O–H groups in total. The van der Waals surface area contributed by atoms with Gasteiger partial charge in [0.05, 0.1) is 22.0 Å². The maximum Gasteiger partial charge on any atom is 0.269 e. The number of nitro groups is 1. The second kappa shape index (κ2) is 11.5. The summed E-state index contributed by atoms with van der Waals surface area (Å²) in [6.45, 7) is 7.22. The first-order valence-corrected chi connectivity index (χ1v) is 12.7. The molecule has 1 amide bonds. The number of carbonyl (C=O) groups excluding carboxylic acids is 1. The Labute approximate surface area is 221 Å². The number of aromatic nitrogens is 2. The fraction of sp³-hybridized carbons (Fsp3) is 0.310. The van der Waals surface area contributed by atoms with E-state index in [0.717, 1.165) is 22.2 Å². The third-order valence-corrected chi connectivity index (χ3v) is 6.58. The molecule has 38 heavy (non-hydrogen) atoms. The van der Waals surface area contributed by atoms with E-state index in [1.807, 2.05) is 49.6 Å². The molecule has 0 aliphatic carbocycles. The van der Waals surface area contributed by atoms with Gasteiger partial charge in [0.25, 0.3) is 11.6 Å². The van der Waals surface area contributed by atoms with Gasteiger partial charge in [-0.3, -0.25) is 14.9 Å². The normalized spacial score (nSPS) is 12.2. The number of amides is 1.